The fraction of sp³-hybridized carbons (Fsp3) is 0.222. The zero-order valence-electron chi connectivity index (χ0n) is 13.8. The first-order valence-electron chi connectivity index (χ1n) is 7.30. The Morgan fingerprint density at radius 2 is 2.00 bits per heavy atom. The van der Waals surface area contributed by atoms with Gasteiger partial charge in [-0.3, -0.25) is 9.79 Å². The largest absolute Gasteiger partial charge is 0.493 e. The number of amides is 1. The van der Waals surface area contributed by atoms with Gasteiger partial charge < -0.3 is 15.2 Å². The lowest BCUT2D eigenvalue weighted by atomic mass is 10.1. The summed E-state index contributed by atoms with van der Waals surface area (Å²) in [7, 11) is 1.53. The van der Waals surface area contributed by atoms with Gasteiger partial charge in [0.15, 0.2) is 18.1 Å². The maximum atomic E-state index is 10.9. The Morgan fingerprint density at radius 1 is 1.25 bits per heavy atom. The molecule has 0 saturated heterocycles. The quantitative estimate of drug-likeness (QED) is 0.764. The number of hydrogen-bond acceptors (Lipinski definition) is 4. The second-order valence-electron chi connectivity index (χ2n) is 5.32. The minimum Gasteiger partial charge on any atom is -0.493 e. The molecule has 0 aromatic heterocycles. The number of aryl methyl sites for hydroxylation is 2. The summed E-state index contributed by atoms with van der Waals surface area (Å²) in [4.78, 5) is 15.4. The first kappa shape index (κ1) is 18.0. The Morgan fingerprint density at radius 3 is 2.62 bits per heavy atom. The molecule has 0 aliphatic carbocycles. The number of rotatable bonds is 6. The van der Waals surface area contributed by atoms with E-state index in [1.54, 1.807) is 12.3 Å². The predicted molar refractivity (Wildman–Crippen MR) is 98.6 cm³/mol. The summed E-state index contributed by atoms with van der Waals surface area (Å²) in [6.45, 7) is 3.90. The summed E-state index contributed by atoms with van der Waals surface area (Å²) in [6, 6.07) is 9.66. The number of hydrogen-bond donors (Lipinski definition) is 1. The summed E-state index contributed by atoms with van der Waals surface area (Å²) < 4.78 is 11.4. The molecular weight excluding hydrogens is 372 g/mol. The second-order valence-corrected chi connectivity index (χ2v) is 6.17. The number of nitrogens with two attached hydrogens (primary N) is 1. The number of benzene rings is 2. The molecule has 6 heteroatoms. The first-order valence-corrected chi connectivity index (χ1v) is 8.10. The van der Waals surface area contributed by atoms with Crippen molar-refractivity contribution in [3.8, 4) is 11.5 Å². The lowest BCUT2D eigenvalue weighted by Gasteiger charge is -2.12. The van der Waals surface area contributed by atoms with E-state index >= 15 is 0 Å². The highest BCUT2D eigenvalue weighted by atomic mass is 79.9. The third-order valence-electron chi connectivity index (χ3n) is 3.46. The molecule has 0 aliphatic rings. The zero-order valence-corrected chi connectivity index (χ0v) is 15.4. The van der Waals surface area contributed by atoms with E-state index in [2.05, 4.69) is 34.8 Å². The molecule has 2 rings (SSSR count). The maximum absolute atomic E-state index is 10.9. The van der Waals surface area contributed by atoms with Crippen molar-refractivity contribution < 1.29 is 14.3 Å². The molecular formula is C18H19BrN2O3. The van der Waals surface area contributed by atoms with Crippen molar-refractivity contribution in [1.82, 2.24) is 0 Å². The lowest BCUT2D eigenvalue weighted by Crippen LogP contribution is -2.20. The first-order chi connectivity index (χ1) is 11.4. The lowest BCUT2D eigenvalue weighted by molar-refractivity contribution is -0.119. The third kappa shape index (κ3) is 4.58. The number of methoxy groups -OCH3 is 1. The van der Waals surface area contributed by atoms with Gasteiger partial charge in [0.05, 0.1) is 17.3 Å². The minimum absolute atomic E-state index is 0.217. The molecule has 0 bridgehead atoms. The van der Waals surface area contributed by atoms with Gasteiger partial charge >= 0.3 is 0 Å². The highest BCUT2D eigenvalue weighted by Crippen LogP contribution is 2.36. The van der Waals surface area contributed by atoms with E-state index < -0.39 is 5.91 Å². The molecule has 0 heterocycles. The van der Waals surface area contributed by atoms with E-state index in [0.717, 1.165) is 11.3 Å². The summed E-state index contributed by atoms with van der Waals surface area (Å²) in [5.41, 5.74) is 9.24. The van der Waals surface area contributed by atoms with Crippen LogP contribution in [0.4, 0.5) is 5.69 Å². The molecule has 5 nitrogen and oxygen atoms in total. The van der Waals surface area contributed by atoms with E-state index in [9.17, 15) is 4.79 Å². The van der Waals surface area contributed by atoms with Crippen LogP contribution in [0.1, 0.15) is 16.7 Å². The minimum atomic E-state index is -0.552. The van der Waals surface area contributed by atoms with Crippen LogP contribution in [0.3, 0.4) is 0 Å². The highest BCUT2D eigenvalue weighted by molar-refractivity contribution is 9.10. The molecule has 0 atom stereocenters. The molecule has 0 radical (unpaired) electrons. The van der Waals surface area contributed by atoms with Crippen LogP contribution in [0.5, 0.6) is 11.5 Å². The summed E-state index contributed by atoms with van der Waals surface area (Å²) in [5, 5.41) is 0. The Bertz CT molecular complexity index is 788. The Labute approximate surface area is 149 Å². The van der Waals surface area contributed by atoms with Crippen molar-refractivity contribution in [1.29, 1.82) is 0 Å². The van der Waals surface area contributed by atoms with Crippen molar-refractivity contribution in [3.05, 3.63) is 51.5 Å². The molecule has 0 saturated carbocycles. The molecule has 24 heavy (non-hydrogen) atoms. The fourth-order valence-corrected chi connectivity index (χ4v) is 2.63. The van der Waals surface area contributed by atoms with Crippen molar-refractivity contribution in [2.75, 3.05) is 13.7 Å². The van der Waals surface area contributed by atoms with Gasteiger partial charge in [-0.25, -0.2) is 0 Å². The number of carbonyl (C=O) groups excluding carboxylic acids is 1. The molecule has 0 spiro atoms. The van der Waals surface area contributed by atoms with E-state index in [1.807, 2.05) is 24.3 Å². The van der Waals surface area contributed by atoms with Crippen molar-refractivity contribution in [2.45, 2.75) is 13.8 Å². The standard InChI is InChI=1S/C18H19BrN2O3/c1-11-4-5-14(6-12(11)2)21-9-13-7-15(19)18(16(8-13)23-3)24-10-17(20)22/h4-9H,10H2,1-3H3,(H2,20,22). The van der Waals surface area contributed by atoms with Gasteiger partial charge in [-0.2, -0.15) is 0 Å². The van der Waals surface area contributed by atoms with Gasteiger partial charge in [-0.05, 0) is 70.7 Å². The molecule has 1 amide bonds. The maximum Gasteiger partial charge on any atom is 0.255 e. The average Bonchev–Trinajstić information content (AvgIpc) is 2.54. The van der Waals surface area contributed by atoms with Crippen LogP contribution in [-0.4, -0.2) is 25.8 Å². The molecule has 2 aromatic rings. The Kier molecular flexibility index (Phi) is 5.98. The van der Waals surface area contributed by atoms with Crippen LogP contribution in [0.2, 0.25) is 0 Å². The number of halogens is 1. The smallest absolute Gasteiger partial charge is 0.255 e. The van der Waals surface area contributed by atoms with Crippen LogP contribution in [-0.2, 0) is 4.79 Å². The molecule has 2 N–H and O–H groups in total. The van der Waals surface area contributed by atoms with Gasteiger partial charge in [0.2, 0.25) is 0 Å². The average molecular weight is 391 g/mol. The summed E-state index contributed by atoms with van der Waals surface area (Å²) in [6.07, 6.45) is 1.75. The van der Waals surface area contributed by atoms with Crippen LogP contribution in [0.15, 0.2) is 39.8 Å². The number of carbonyl (C=O) groups is 1. The molecule has 0 fully saturated rings. The predicted octanol–water partition coefficient (Wildman–Crippen LogP) is 3.69. The van der Waals surface area contributed by atoms with Gasteiger partial charge in [-0.15, -0.1) is 0 Å². The number of primary amides is 1. The van der Waals surface area contributed by atoms with Crippen molar-refractivity contribution in [2.24, 2.45) is 10.7 Å². The Hall–Kier alpha value is -2.34. The molecule has 126 valence electrons. The zero-order chi connectivity index (χ0) is 17.7. The monoisotopic (exact) mass is 390 g/mol. The van der Waals surface area contributed by atoms with Crippen LogP contribution in [0, 0.1) is 13.8 Å². The van der Waals surface area contributed by atoms with Gasteiger partial charge in [0.25, 0.3) is 5.91 Å². The van der Waals surface area contributed by atoms with Gasteiger partial charge in [-0.1, -0.05) is 6.07 Å². The molecule has 2 aromatic carbocycles. The van der Waals surface area contributed by atoms with E-state index in [0.29, 0.717) is 16.0 Å². The van der Waals surface area contributed by atoms with Crippen LogP contribution < -0.4 is 15.2 Å². The molecule has 0 aliphatic heterocycles. The van der Waals surface area contributed by atoms with Crippen LogP contribution in [0.25, 0.3) is 0 Å². The van der Waals surface area contributed by atoms with E-state index in [4.69, 9.17) is 15.2 Å². The normalized spacial score (nSPS) is 10.8. The SMILES string of the molecule is COc1cc(C=Nc2ccc(C)c(C)c2)cc(Br)c1OCC(N)=O. The summed E-state index contributed by atoms with van der Waals surface area (Å²) >= 11 is 3.42. The van der Waals surface area contributed by atoms with Crippen molar-refractivity contribution in [3.63, 3.8) is 0 Å². The fourth-order valence-electron chi connectivity index (χ4n) is 2.05. The molecule has 0 unspecified atom stereocenters. The second kappa shape index (κ2) is 7.97. The Balaban J connectivity index is 2.27. The van der Waals surface area contributed by atoms with E-state index in [1.165, 1.54) is 18.2 Å². The van der Waals surface area contributed by atoms with E-state index in [-0.39, 0.29) is 6.61 Å². The van der Waals surface area contributed by atoms with Crippen molar-refractivity contribution >= 4 is 33.7 Å². The summed E-state index contributed by atoms with van der Waals surface area (Å²) in [5.74, 6) is 0.371. The number of ether oxygens (including phenoxy) is 2. The number of nitrogens with zero attached hydrogens (tertiary/aromatic N) is 1. The van der Waals surface area contributed by atoms with Gasteiger partial charge in [0.1, 0.15) is 0 Å². The third-order valence-corrected chi connectivity index (χ3v) is 4.05. The highest BCUT2D eigenvalue weighted by Gasteiger charge is 2.12. The number of aliphatic imine (C=N–C) groups is 1. The van der Waals surface area contributed by atoms with Gasteiger partial charge in [0, 0.05) is 6.21 Å². The van der Waals surface area contributed by atoms with Crippen LogP contribution >= 0.6 is 15.9 Å². The topological polar surface area (TPSA) is 73.9 Å².